The van der Waals surface area contributed by atoms with Gasteiger partial charge in [-0.2, -0.15) is 5.10 Å². The Morgan fingerprint density at radius 2 is 2.07 bits per heavy atom. The van der Waals surface area contributed by atoms with Crippen LogP contribution >= 0.6 is 0 Å². The van der Waals surface area contributed by atoms with Crippen molar-refractivity contribution in [1.82, 2.24) is 20.0 Å². The van der Waals surface area contributed by atoms with Crippen molar-refractivity contribution in [2.75, 3.05) is 26.8 Å². The summed E-state index contributed by atoms with van der Waals surface area (Å²) in [4.78, 5) is 15.1. The molecule has 2 N–H and O–H groups in total. The molecule has 1 aromatic heterocycles. The molecule has 1 aromatic carbocycles. The lowest BCUT2D eigenvalue weighted by atomic mass is 10.0. The van der Waals surface area contributed by atoms with E-state index in [9.17, 15) is 9.90 Å². The summed E-state index contributed by atoms with van der Waals surface area (Å²) in [5.74, 6) is 0.729. The van der Waals surface area contributed by atoms with Crippen LogP contribution in [0.25, 0.3) is 0 Å². The van der Waals surface area contributed by atoms with Crippen LogP contribution in [-0.4, -0.2) is 52.5 Å². The number of carbonyl (C=O) groups is 1. The summed E-state index contributed by atoms with van der Waals surface area (Å²) in [5.41, 5.74) is 3.90. The lowest BCUT2D eigenvalue weighted by Crippen LogP contribution is -2.33. The molecule has 0 aliphatic carbocycles. The number of ether oxygens (including phenoxy) is 1. The molecule has 7 nitrogen and oxygen atoms in total. The Balaban J connectivity index is 1.78. The van der Waals surface area contributed by atoms with Gasteiger partial charge in [-0.25, -0.2) is 0 Å². The quantitative estimate of drug-likeness (QED) is 0.633. The SMILES string of the molecule is COCCNC(=O)c1nn(CCC(C)C)c2c1CN(Cc1ccc(O)cc1)CC2. The number of nitrogens with zero attached hydrogens (tertiary/aromatic N) is 3. The van der Waals surface area contributed by atoms with E-state index in [0.29, 0.717) is 31.3 Å². The second-order valence-corrected chi connectivity index (χ2v) is 8.06. The van der Waals surface area contributed by atoms with Gasteiger partial charge < -0.3 is 15.2 Å². The number of hydrogen-bond acceptors (Lipinski definition) is 5. The van der Waals surface area contributed by atoms with Crippen LogP contribution in [0.15, 0.2) is 24.3 Å². The Kier molecular flexibility index (Phi) is 7.28. The Morgan fingerprint density at radius 1 is 1.31 bits per heavy atom. The van der Waals surface area contributed by atoms with Gasteiger partial charge in [-0.3, -0.25) is 14.4 Å². The minimum atomic E-state index is -0.131. The molecule has 1 amide bonds. The minimum absolute atomic E-state index is 0.131. The highest BCUT2D eigenvalue weighted by molar-refractivity contribution is 5.94. The maximum Gasteiger partial charge on any atom is 0.272 e. The number of phenolic OH excluding ortho intramolecular Hbond substituents is 1. The number of fused-ring (bicyclic) bond motifs is 1. The normalized spacial score (nSPS) is 14.2. The van der Waals surface area contributed by atoms with Crippen LogP contribution in [0.5, 0.6) is 5.75 Å². The molecule has 29 heavy (non-hydrogen) atoms. The fraction of sp³-hybridized carbons (Fsp3) is 0.545. The molecule has 0 saturated carbocycles. The number of aryl methyl sites for hydroxylation is 1. The molecule has 0 unspecified atom stereocenters. The molecule has 158 valence electrons. The molecule has 2 heterocycles. The Labute approximate surface area is 172 Å². The van der Waals surface area contributed by atoms with Crippen molar-refractivity contribution in [3.8, 4) is 5.75 Å². The summed E-state index contributed by atoms with van der Waals surface area (Å²) in [6.45, 7) is 8.60. The number of amides is 1. The van der Waals surface area contributed by atoms with Gasteiger partial charge in [0.15, 0.2) is 5.69 Å². The number of hydrogen-bond donors (Lipinski definition) is 2. The number of benzene rings is 1. The summed E-state index contributed by atoms with van der Waals surface area (Å²) >= 11 is 0. The zero-order chi connectivity index (χ0) is 20.8. The Morgan fingerprint density at radius 3 is 2.76 bits per heavy atom. The van der Waals surface area contributed by atoms with Crippen molar-refractivity contribution in [3.63, 3.8) is 0 Å². The maximum absolute atomic E-state index is 12.8. The second kappa shape index (κ2) is 9.89. The second-order valence-electron chi connectivity index (χ2n) is 8.06. The van der Waals surface area contributed by atoms with E-state index in [1.54, 1.807) is 19.2 Å². The number of rotatable bonds is 9. The maximum atomic E-state index is 12.8. The van der Waals surface area contributed by atoms with E-state index in [1.165, 1.54) is 5.69 Å². The van der Waals surface area contributed by atoms with E-state index in [2.05, 4.69) is 24.1 Å². The van der Waals surface area contributed by atoms with Gasteiger partial charge in [0, 0.05) is 57.5 Å². The van der Waals surface area contributed by atoms with Crippen molar-refractivity contribution in [1.29, 1.82) is 0 Å². The van der Waals surface area contributed by atoms with Gasteiger partial charge in [0.2, 0.25) is 0 Å². The third-order valence-corrected chi connectivity index (χ3v) is 5.28. The standard InChI is InChI=1S/C22H32N4O3/c1-16(2)8-12-26-20-9-11-25(14-17-4-6-18(27)7-5-17)15-19(20)21(24-26)22(28)23-10-13-29-3/h4-7,16,27H,8-15H2,1-3H3,(H,23,28). The van der Waals surface area contributed by atoms with Gasteiger partial charge in [-0.15, -0.1) is 0 Å². The Bertz CT molecular complexity index is 814. The van der Waals surface area contributed by atoms with Crippen LogP contribution in [0.1, 0.15) is 47.6 Å². The predicted octanol–water partition coefficient (Wildman–Crippen LogP) is 2.57. The fourth-order valence-corrected chi connectivity index (χ4v) is 3.64. The van der Waals surface area contributed by atoms with E-state index >= 15 is 0 Å². The molecule has 0 bridgehead atoms. The molecule has 7 heteroatoms. The zero-order valence-electron chi connectivity index (χ0n) is 17.6. The van der Waals surface area contributed by atoms with Crippen molar-refractivity contribution in [2.24, 2.45) is 5.92 Å². The molecule has 3 rings (SSSR count). The molecular formula is C22H32N4O3. The molecule has 0 fully saturated rings. The monoisotopic (exact) mass is 400 g/mol. The predicted molar refractivity (Wildman–Crippen MR) is 112 cm³/mol. The van der Waals surface area contributed by atoms with Crippen molar-refractivity contribution < 1.29 is 14.6 Å². The van der Waals surface area contributed by atoms with Crippen molar-refractivity contribution >= 4 is 5.91 Å². The molecule has 0 radical (unpaired) electrons. The van der Waals surface area contributed by atoms with Gasteiger partial charge in [0.1, 0.15) is 5.75 Å². The first kappa shape index (κ1) is 21.3. The summed E-state index contributed by atoms with van der Waals surface area (Å²) in [6, 6.07) is 7.30. The highest BCUT2D eigenvalue weighted by atomic mass is 16.5. The van der Waals surface area contributed by atoms with E-state index in [0.717, 1.165) is 43.6 Å². The van der Waals surface area contributed by atoms with Crippen LogP contribution in [0.4, 0.5) is 0 Å². The fourth-order valence-electron chi connectivity index (χ4n) is 3.64. The smallest absolute Gasteiger partial charge is 0.272 e. The summed E-state index contributed by atoms with van der Waals surface area (Å²) in [6.07, 6.45) is 1.92. The molecule has 0 spiro atoms. The largest absolute Gasteiger partial charge is 0.508 e. The van der Waals surface area contributed by atoms with Gasteiger partial charge in [-0.1, -0.05) is 26.0 Å². The number of carbonyl (C=O) groups excluding carboxylic acids is 1. The Hall–Kier alpha value is -2.38. The topological polar surface area (TPSA) is 79.6 Å². The van der Waals surface area contributed by atoms with Gasteiger partial charge in [0.25, 0.3) is 5.91 Å². The average Bonchev–Trinajstić information content (AvgIpc) is 3.06. The molecule has 2 aromatic rings. The number of nitrogens with one attached hydrogen (secondary N) is 1. The first-order valence-electron chi connectivity index (χ1n) is 10.3. The summed E-state index contributed by atoms with van der Waals surface area (Å²) in [5, 5.41) is 17.1. The lowest BCUT2D eigenvalue weighted by Gasteiger charge is -2.28. The minimum Gasteiger partial charge on any atom is -0.508 e. The third kappa shape index (κ3) is 5.58. The van der Waals surface area contributed by atoms with Crippen molar-refractivity contribution in [2.45, 2.75) is 46.3 Å². The molecule has 1 aliphatic heterocycles. The van der Waals surface area contributed by atoms with Crippen LogP contribution < -0.4 is 5.32 Å². The van der Waals surface area contributed by atoms with Crippen LogP contribution in [0, 0.1) is 5.92 Å². The van der Waals surface area contributed by atoms with Crippen molar-refractivity contribution in [3.05, 3.63) is 46.8 Å². The van der Waals surface area contributed by atoms with Gasteiger partial charge in [-0.05, 0) is 30.0 Å². The lowest BCUT2D eigenvalue weighted by molar-refractivity contribution is 0.0929. The first-order chi connectivity index (χ1) is 14.0. The number of aromatic nitrogens is 2. The molecule has 0 atom stereocenters. The highest BCUT2D eigenvalue weighted by Crippen LogP contribution is 2.25. The van der Waals surface area contributed by atoms with E-state index < -0.39 is 0 Å². The van der Waals surface area contributed by atoms with Gasteiger partial charge >= 0.3 is 0 Å². The molecule has 1 aliphatic rings. The van der Waals surface area contributed by atoms with Crippen LogP contribution in [0.3, 0.4) is 0 Å². The van der Waals surface area contributed by atoms with E-state index in [4.69, 9.17) is 9.84 Å². The number of phenols is 1. The molecule has 0 saturated heterocycles. The van der Waals surface area contributed by atoms with Crippen LogP contribution in [-0.2, 0) is 30.8 Å². The third-order valence-electron chi connectivity index (χ3n) is 5.28. The molecular weight excluding hydrogens is 368 g/mol. The highest BCUT2D eigenvalue weighted by Gasteiger charge is 2.28. The number of methoxy groups -OCH3 is 1. The summed E-state index contributed by atoms with van der Waals surface area (Å²) < 4.78 is 7.08. The zero-order valence-corrected chi connectivity index (χ0v) is 17.6. The van der Waals surface area contributed by atoms with E-state index in [1.807, 2.05) is 16.8 Å². The average molecular weight is 401 g/mol. The van der Waals surface area contributed by atoms with Gasteiger partial charge in [0.05, 0.1) is 6.61 Å². The summed E-state index contributed by atoms with van der Waals surface area (Å²) in [7, 11) is 1.62. The van der Waals surface area contributed by atoms with E-state index in [-0.39, 0.29) is 11.7 Å². The number of aromatic hydroxyl groups is 1. The first-order valence-corrected chi connectivity index (χ1v) is 10.3. The van der Waals surface area contributed by atoms with Crippen LogP contribution in [0.2, 0.25) is 0 Å².